The minimum atomic E-state index is -5.08. The van der Waals surface area contributed by atoms with Crippen LogP contribution < -0.4 is 5.32 Å². The second-order valence-electron chi connectivity index (χ2n) is 5.76. The van der Waals surface area contributed by atoms with Crippen LogP contribution in [-0.4, -0.2) is 22.0 Å². The molecule has 3 rings (SSSR count). The van der Waals surface area contributed by atoms with Crippen molar-refractivity contribution in [1.29, 1.82) is 0 Å². The van der Waals surface area contributed by atoms with Crippen molar-refractivity contribution in [2.24, 2.45) is 0 Å². The minimum Gasteiger partial charge on any atom is -0.478 e. The zero-order valence-corrected chi connectivity index (χ0v) is 14.7. The number of carbonyl (C=O) groups excluding carboxylic acids is 1. The molecule has 0 atom stereocenters. The van der Waals surface area contributed by atoms with Crippen molar-refractivity contribution in [1.82, 2.24) is 4.98 Å². The first-order chi connectivity index (χ1) is 13.3. The van der Waals surface area contributed by atoms with E-state index in [1.54, 1.807) is 0 Å². The molecule has 0 aliphatic rings. The largest absolute Gasteiger partial charge is 0.478 e. The van der Waals surface area contributed by atoms with Crippen LogP contribution in [0.2, 0.25) is 0 Å². The van der Waals surface area contributed by atoms with E-state index in [1.807, 2.05) is 0 Å². The monoisotopic (exact) mass is 434 g/mol. The maximum absolute atomic E-state index is 12.9. The number of aromatic nitrogens is 1. The lowest BCUT2D eigenvalue weighted by molar-refractivity contribution is -0.143. The summed E-state index contributed by atoms with van der Waals surface area (Å²) in [7, 11) is 0. The van der Waals surface area contributed by atoms with E-state index in [0.29, 0.717) is 22.3 Å². The fraction of sp³-hybridized carbons (Fsp3) is 0.118. The van der Waals surface area contributed by atoms with Crippen LogP contribution in [0.3, 0.4) is 0 Å². The number of halogens is 6. The van der Waals surface area contributed by atoms with Gasteiger partial charge in [-0.15, -0.1) is 0 Å². The van der Waals surface area contributed by atoms with Crippen LogP contribution >= 0.6 is 11.3 Å². The molecule has 1 amide bonds. The highest BCUT2D eigenvalue weighted by molar-refractivity contribution is 7.22. The van der Waals surface area contributed by atoms with Crippen molar-refractivity contribution in [3.63, 3.8) is 0 Å². The molecule has 12 heteroatoms. The average Bonchev–Trinajstić information content (AvgIpc) is 3.01. The van der Waals surface area contributed by atoms with Crippen LogP contribution in [0.4, 0.5) is 31.5 Å². The van der Waals surface area contributed by atoms with Gasteiger partial charge in [-0.2, -0.15) is 26.3 Å². The van der Waals surface area contributed by atoms with Gasteiger partial charge in [0, 0.05) is 5.56 Å². The maximum Gasteiger partial charge on any atom is 0.416 e. The molecule has 29 heavy (non-hydrogen) atoms. The zero-order chi connectivity index (χ0) is 21.6. The number of nitrogens with one attached hydrogen (secondary N) is 1. The summed E-state index contributed by atoms with van der Waals surface area (Å²) in [5.41, 5.74) is -3.83. The van der Waals surface area contributed by atoms with Crippen LogP contribution in [0, 0.1) is 0 Å². The van der Waals surface area contributed by atoms with Gasteiger partial charge in [0.2, 0.25) is 0 Å². The first kappa shape index (κ1) is 20.6. The van der Waals surface area contributed by atoms with E-state index in [4.69, 9.17) is 5.11 Å². The van der Waals surface area contributed by atoms with Gasteiger partial charge in [0.15, 0.2) is 5.13 Å². The van der Waals surface area contributed by atoms with E-state index < -0.39 is 40.9 Å². The van der Waals surface area contributed by atoms with Crippen LogP contribution in [0.25, 0.3) is 10.2 Å². The first-order valence-electron chi connectivity index (χ1n) is 7.59. The van der Waals surface area contributed by atoms with Gasteiger partial charge in [-0.05, 0) is 36.4 Å². The summed E-state index contributed by atoms with van der Waals surface area (Å²) in [4.78, 5) is 27.2. The number of carboxylic acids is 1. The summed E-state index contributed by atoms with van der Waals surface area (Å²) < 4.78 is 77.8. The number of anilines is 1. The van der Waals surface area contributed by atoms with E-state index in [1.165, 1.54) is 18.2 Å². The Morgan fingerprint density at radius 1 is 0.897 bits per heavy atom. The molecule has 2 aromatic carbocycles. The van der Waals surface area contributed by atoms with Gasteiger partial charge in [0.25, 0.3) is 5.91 Å². The number of carbonyl (C=O) groups is 2. The number of benzene rings is 2. The van der Waals surface area contributed by atoms with Crippen molar-refractivity contribution < 1.29 is 41.0 Å². The summed E-state index contributed by atoms with van der Waals surface area (Å²) in [6.07, 6.45) is -10.2. The molecule has 1 aromatic heterocycles. The second-order valence-corrected chi connectivity index (χ2v) is 6.79. The summed E-state index contributed by atoms with van der Waals surface area (Å²) >= 11 is 0.820. The van der Waals surface area contributed by atoms with E-state index in [9.17, 15) is 35.9 Å². The van der Waals surface area contributed by atoms with Crippen molar-refractivity contribution in [3.05, 3.63) is 58.7 Å². The van der Waals surface area contributed by atoms with Gasteiger partial charge in [-0.25, -0.2) is 9.78 Å². The van der Waals surface area contributed by atoms with Crippen LogP contribution in [0.15, 0.2) is 36.4 Å². The van der Waals surface area contributed by atoms with Gasteiger partial charge in [0.1, 0.15) is 0 Å². The van der Waals surface area contributed by atoms with E-state index in [0.717, 1.165) is 11.3 Å². The molecular weight excluding hydrogens is 426 g/mol. The third-order valence-electron chi connectivity index (χ3n) is 3.71. The molecule has 0 saturated carbocycles. The molecule has 3 aromatic rings. The molecule has 0 bridgehead atoms. The molecule has 0 spiro atoms. The lowest BCUT2D eigenvalue weighted by Gasteiger charge is -2.13. The smallest absolute Gasteiger partial charge is 0.416 e. The fourth-order valence-corrected chi connectivity index (χ4v) is 3.27. The Kier molecular flexibility index (Phi) is 4.99. The van der Waals surface area contributed by atoms with Crippen molar-refractivity contribution in [2.75, 3.05) is 5.32 Å². The number of thiazole rings is 1. The minimum absolute atomic E-state index is 0.0493. The topological polar surface area (TPSA) is 79.3 Å². The first-order valence-corrected chi connectivity index (χ1v) is 8.41. The molecule has 0 radical (unpaired) electrons. The second kappa shape index (κ2) is 7.03. The highest BCUT2D eigenvalue weighted by Gasteiger charge is 2.37. The van der Waals surface area contributed by atoms with E-state index in [2.05, 4.69) is 10.3 Å². The molecule has 152 valence electrons. The van der Waals surface area contributed by atoms with E-state index >= 15 is 0 Å². The Hall–Kier alpha value is -3.15. The van der Waals surface area contributed by atoms with Crippen LogP contribution in [-0.2, 0) is 12.4 Å². The molecule has 1 heterocycles. The predicted octanol–water partition coefficient (Wildman–Crippen LogP) is 5.28. The summed E-state index contributed by atoms with van der Waals surface area (Å²) in [6, 6.07) is 4.43. The fourth-order valence-electron chi connectivity index (χ4n) is 2.37. The third-order valence-corrected chi connectivity index (χ3v) is 4.64. The quantitative estimate of drug-likeness (QED) is 0.550. The van der Waals surface area contributed by atoms with Crippen molar-refractivity contribution in [2.45, 2.75) is 12.4 Å². The molecule has 0 unspecified atom stereocenters. The Bertz CT molecular complexity index is 1090. The number of aromatic carboxylic acids is 1. The summed E-state index contributed by atoms with van der Waals surface area (Å²) in [5.74, 6) is -2.42. The van der Waals surface area contributed by atoms with Gasteiger partial charge in [-0.1, -0.05) is 11.3 Å². The summed E-state index contributed by atoms with van der Waals surface area (Å²) in [5, 5.41) is 11.0. The standard InChI is InChI=1S/C17H8F6N2O3S/c18-16(19,20)9-3-8(4-10(6-9)17(21,22)23)13(26)25-15-24-11-2-1-7(14(27)28)5-12(11)29-15/h1-6H,(H,27,28)(H,24,25,26). The number of rotatable bonds is 3. The normalized spacial score (nSPS) is 12.2. The lowest BCUT2D eigenvalue weighted by Crippen LogP contribution is -2.17. The average molecular weight is 434 g/mol. The van der Waals surface area contributed by atoms with Gasteiger partial charge < -0.3 is 5.11 Å². The highest BCUT2D eigenvalue weighted by atomic mass is 32.1. The summed E-state index contributed by atoms with van der Waals surface area (Å²) in [6.45, 7) is 0. The number of hydrogen-bond acceptors (Lipinski definition) is 4. The van der Waals surface area contributed by atoms with Crippen LogP contribution in [0.1, 0.15) is 31.8 Å². The number of fused-ring (bicyclic) bond motifs is 1. The molecular formula is C17H8F6N2O3S. The van der Waals surface area contributed by atoms with Crippen LogP contribution in [0.5, 0.6) is 0 Å². The maximum atomic E-state index is 12.9. The highest BCUT2D eigenvalue weighted by Crippen LogP contribution is 2.36. The number of alkyl halides is 6. The third kappa shape index (κ3) is 4.47. The molecule has 5 nitrogen and oxygen atoms in total. The Balaban J connectivity index is 1.96. The van der Waals surface area contributed by atoms with Gasteiger partial charge in [0.05, 0.1) is 26.9 Å². The number of hydrogen-bond donors (Lipinski definition) is 2. The van der Waals surface area contributed by atoms with Gasteiger partial charge in [-0.3, -0.25) is 10.1 Å². The molecule has 0 aliphatic heterocycles. The van der Waals surface area contributed by atoms with E-state index in [-0.39, 0.29) is 16.8 Å². The Labute approximate surface area is 161 Å². The zero-order valence-electron chi connectivity index (χ0n) is 13.9. The van der Waals surface area contributed by atoms with Crippen molar-refractivity contribution in [3.8, 4) is 0 Å². The molecule has 0 fully saturated rings. The molecule has 0 aliphatic carbocycles. The van der Waals surface area contributed by atoms with Gasteiger partial charge >= 0.3 is 18.3 Å². The SMILES string of the molecule is O=C(O)c1ccc2nc(NC(=O)c3cc(C(F)(F)F)cc(C(F)(F)F)c3)sc2c1. The predicted molar refractivity (Wildman–Crippen MR) is 91.0 cm³/mol. The van der Waals surface area contributed by atoms with Crippen molar-refractivity contribution >= 4 is 38.6 Å². The number of carboxylic acid groups (broad SMARTS) is 1. The molecule has 2 N–H and O–H groups in total. The Morgan fingerprint density at radius 3 is 2.00 bits per heavy atom. The Morgan fingerprint density at radius 2 is 1.48 bits per heavy atom. The molecule has 0 saturated heterocycles. The number of amides is 1. The lowest BCUT2D eigenvalue weighted by atomic mass is 10.0. The number of nitrogens with zero attached hydrogens (tertiary/aromatic N) is 1.